The van der Waals surface area contributed by atoms with Crippen LogP contribution in [0.1, 0.15) is 18.1 Å². The molecule has 2 aromatic carbocycles. The molecule has 0 radical (unpaired) electrons. The summed E-state index contributed by atoms with van der Waals surface area (Å²) in [6.07, 6.45) is 1.57. The first-order chi connectivity index (χ1) is 12.0. The maximum absolute atomic E-state index is 12.3. The summed E-state index contributed by atoms with van der Waals surface area (Å²) < 4.78 is 0. The summed E-state index contributed by atoms with van der Waals surface area (Å²) in [6, 6.07) is 12.1. The van der Waals surface area contributed by atoms with Crippen molar-refractivity contribution in [2.75, 3.05) is 0 Å². The van der Waals surface area contributed by atoms with Gasteiger partial charge in [0.25, 0.3) is 5.91 Å². The van der Waals surface area contributed by atoms with Crippen molar-refractivity contribution < 1.29 is 19.8 Å². The fraction of sp³-hybridized carbons (Fsp3) is 0.167. The first-order valence-corrected chi connectivity index (χ1v) is 7.61. The van der Waals surface area contributed by atoms with Gasteiger partial charge in [-0.1, -0.05) is 24.3 Å². The number of aromatic hydroxyl groups is 2. The highest BCUT2D eigenvalue weighted by Crippen LogP contribution is 2.13. The minimum Gasteiger partial charge on any atom is -0.508 e. The van der Waals surface area contributed by atoms with E-state index < -0.39 is 11.9 Å². The van der Waals surface area contributed by atoms with E-state index in [1.807, 2.05) is 0 Å². The second-order valence-corrected chi connectivity index (χ2v) is 5.42. The van der Waals surface area contributed by atoms with E-state index in [0.717, 1.165) is 5.56 Å². The Morgan fingerprint density at radius 2 is 1.80 bits per heavy atom. The summed E-state index contributed by atoms with van der Waals surface area (Å²) >= 11 is 0. The number of hydrazone groups is 1. The average Bonchev–Trinajstić information content (AvgIpc) is 2.57. The Morgan fingerprint density at radius 1 is 1.12 bits per heavy atom. The molecule has 0 aromatic heterocycles. The van der Waals surface area contributed by atoms with E-state index in [1.54, 1.807) is 30.3 Å². The molecule has 0 saturated carbocycles. The van der Waals surface area contributed by atoms with Gasteiger partial charge in [0.15, 0.2) is 0 Å². The highest BCUT2D eigenvalue weighted by molar-refractivity contribution is 5.89. The topological polar surface area (TPSA) is 111 Å². The molecule has 0 heterocycles. The lowest BCUT2D eigenvalue weighted by atomic mass is 10.1. The van der Waals surface area contributed by atoms with Crippen molar-refractivity contribution in [3.05, 3.63) is 59.7 Å². The highest BCUT2D eigenvalue weighted by Gasteiger charge is 2.19. The van der Waals surface area contributed by atoms with E-state index in [2.05, 4.69) is 15.8 Å². The number of phenolic OH excluding ortho intramolecular Hbond substituents is 2. The van der Waals surface area contributed by atoms with Gasteiger partial charge in [0.1, 0.15) is 17.5 Å². The van der Waals surface area contributed by atoms with Crippen LogP contribution in [-0.4, -0.2) is 34.3 Å². The van der Waals surface area contributed by atoms with Crippen molar-refractivity contribution >= 4 is 18.0 Å². The standard InChI is InChI=1S/C18H19N3O4/c1-12(22)20-16(10-13-6-8-15(23)9-7-13)18(25)21-19-11-14-4-2-3-5-17(14)24/h2-9,11,16,23-24H,10H2,1H3,(H,20,22)(H,21,25)/b19-11+. The number of amides is 2. The Morgan fingerprint density at radius 3 is 2.44 bits per heavy atom. The summed E-state index contributed by atoms with van der Waals surface area (Å²) in [5.74, 6) is -0.668. The molecule has 1 atom stereocenters. The molecular weight excluding hydrogens is 322 g/mol. The summed E-state index contributed by atoms with van der Waals surface area (Å²) in [4.78, 5) is 23.6. The number of nitrogens with one attached hydrogen (secondary N) is 2. The fourth-order valence-electron chi connectivity index (χ4n) is 2.16. The van der Waals surface area contributed by atoms with Crippen molar-refractivity contribution in [1.29, 1.82) is 0 Å². The number of nitrogens with zero attached hydrogens (tertiary/aromatic N) is 1. The van der Waals surface area contributed by atoms with Crippen LogP contribution in [0.4, 0.5) is 0 Å². The quantitative estimate of drug-likeness (QED) is 0.469. The van der Waals surface area contributed by atoms with Gasteiger partial charge in [-0.15, -0.1) is 0 Å². The lowest BCUT2D eigenvalue weighted by Crippen LogP contribution is -2.46. The Labute approximate surface area is 145 Å². The third-order valence-electron chi connectivity index (χ3n) is 3.39. The molecule has 0 saturated heterocycles. The predicted octanol–water partition coefficient (Wildman–Crippen LogP) is 1.30. The molecule has 7 heteroatoms. The molecule has 25 heavy (non-hydrogen) atoms. The highest BCUT2D eigenvalue weighted by atomic mass is 16.3. The Balaban J connectivity index is 2.03. The van der Waals surface area contributed by atoms with Crippen molar-refractivity contribution in [2.45, 2.75) is 19.4 Å². The summed E-state index contributed by atoms with van der Waals surface area (Å²) in [7, 11) is 0. The number of hydrogen-bond donors (Lipinski definition) is 4. The van der Waals surface area contributed by atoms with E-state index in [0.29, 0.717) is 5.56 Å². The Kier molecular flexibility index (Phi) is 6.11. The van der Waals surface area contributed by atoms with Crippen molar-refractivity contribution in [3.8, 4) is 11.5 Å². The Bertz CT molecular complexity index is 772. The molecule has 4 N–H and O–H groups in total. The molecular formula is C18H19N3O4. The normalized spacial score (nSPS) is 11.9. The van der Waals surface area contributed by atoms with E-state index >= 15 is 0 Å². The van der Waals surface area contributed by atoms with Gasteiger partial charge < -0.3 is 15.5 Å². The molecule has 1 unspecified atom stereocenters. The molecule has 2 aromatic rings. The van der Waals surface area contributed by atoms with Crippen LogP contribution in [0.5, 0.6) is 11.5 Å². The van der Waals surface area contributed by atoms with Crippen molar-refractivity contribution in [1.82, 2.24) is 10.7 Å². The molecule has 0 fully saturated rings. The summed E-state index contributed by atoms with van der Waals surface area (Å²) in [5.41, 5.74) is 3.58. The lowest BCUT2D eigenvalue weighted by Gasteiger charge is -2.16. The zero-order valence-corrected chi connectivity index (χ0v) is 13.6. The van der Waals surface area contributed by atoms with E-state index in [-0.39, 0.29) is 23.8 Å². The van der Waals surface area contributed by atoms with Crippen LogP contribution in [0, 0.1) is 0 Å². The number of hydrogen-bond acceptors (Lipinski definition) is 5. The van der Waals surface area contributed by atoms with Crippen LogP contribution < -0.4 is 10.7 Å². The monoisotopic (exact) mass is 341 g/mol. The minimum absolute atomic E-state index is 0.0444. The fourth-order valence-corrected chi connectivity index (χ4v) is 2.16. The number of benzene rings is 2. The van der Waals surface area contributed by atoms with Gasteiger partial charge in [0.05, 0.1) is 6.21 Å². The second-order valence-electron chi connectivity index (χ2n) is 5.42. The maximum Gasteiger partial charge on any atom is 0.262 e. The van der Waals surface area contributed by atoms with Gasteiger partial charge >= 0.3 is 0 Å². The zero-order chi connectivity index (χ0) is 18.2. The first kappa shape index (κ1) is 18.0. The first-order valence-electron chi connectivity index (χ1n) is 7.61. The van der Waals surface area contributed by atoms with Crippen LogP contribution in [0.2, 0.25) is 0 Å². The molecule has 7 nitrogen and oxygen atoms in total. The van der Waals surface area contributed by atoms with E-state index in [9.17, 15) is 19.8 Å². The van der Waals surface area contributed by atoms with Crippen LogP contribution in [-0.2, 0) is 16.0 Å². The number of carbonyl (C=O) groups is 2. The molecule has 0 bridgehead atoms. The number of phenols is 2. The van der Waals surface area contributed by atoms with Crippen LogP contribution >= 0.6 is 0 Å². The second kappa shape index (κ2) is 8.49. The molecule has 0 spiro atoms. The van der Waals surface area contributed by atoms with E-state index in [1.165, 1.54) is 31.3 Å². The molecule has 0 aliphatic carbocycles. The third-order valence-corrected chi connectivity index (χ3v) is 3.39. The predicted molar refractivity (Wildman–Crippen MR) is 93.3 cm³/mol. The maximum atomic E-state index is 12.3. The molecule has 0 aliphatic heterocycles. The smallest absolute Gasteiger partial charge is 0.262 e. The molecule has 2 amide bonds. The molecule has 130 valence electrons. The van der Waals surface area contributed by atoms with Gasteiger partial charge in [-0.2, -0.15) is 5.10 Å². The molecule has 2 rings (SSSR count). The number of carbonyl (C=O) groups excluding carboxylic acids is 2. The van der Waals surface area contributed by atoms with Crippen LogP contribution in [0.3, 0.4) is 0 Å². The average molecular weight is 341 g/mol. The lowest BCUT2D eigenvalue weighted by molar-refractivity contribution is -0.128. The minimum atomic E-state index is -0.816. The van der Waals surface area contributed by atoms with Gasteiger partial charge in [-0.05, 0) is 29.8 Å². The van der Waals surface area contributed by atoms with Gasteiger partial charge in [-0.25, -0.2) is 5.43 Å². The SMILES string of the molecule is CC(=O)NC(Cc1ccc(O)cc1)C(=O)N/N=C/c1ccccc1O. The van der Waals surface area contributed by atoms with Gasteiger partial charge in [0, 0.05) is 18.9 Å². The number of para-hydroxylation sites is 1. The van der Waals surface area contributed by atoms with Crippen molar-refractivity contribution in [3.63, 3.8) is 0 Å². The third kappa shape index (κ3) is 5.65. The summed E-state index contributed by atoms with van der Waals surface area (Å²) in [5, 5.41) is 25.3. The Hall–Kier alpha value is -3.35. The largest absolute Gasteiger partial charge is 0.508 e. The van der Waals surface area contributed by atoms with Crippen LogP contribution in [0.15, 0.2) is 53.6 Å². The van der Waals surface area contributed by atoms with E-state index in [4.69, 9.17) is 0 Å². The number of rotatable bonds is 6. The molecule has 0 aliphatic rings. The summed E-state index contributed by atoms with van der Waals surface area (Å²) in [6.45, 7) is 1.32. The van der Waals surface area contributed by atoms with Gasteiger partial charge in [-0.3, -0.25) is 9.59 Å². The van der Waals surface area contributed by atoms with Crippen LogP contribution in [0.25, 0.3) is 0 Å². The van der Waals surface area contributed by atoms with Gasteiger partial charge in [0.2, 0.25) is 5.91 Å². The van der Waals surface area contributed by atoms with Crippen molar-refractivity contribution in [2.24, 2.45) is 5.10 Å². The zero-order valence-electron chi connectivity index (χ0n) is 13.6.